The molecular weight excluding hydrogens is 450 g/mol. The van der Waals surface area contributed by atoms with Crippen LogP contribution in [-0.2, 0) is 4.79 Å². The molecule has 0 spiro atoms. The molecule has 34 heavy (non-hydrogen) atoms. The number of amides is 1. The Bertz CT molecular complexity index is 1300. The van der Waals surface area contributed by atoms with Crippen molar-refractivity contribution in [2.75, 3.05) is 12.9 Å². The molecule has 3 aromatic carbocycles. The average molecular weight is 475 g/mol. The van der Waals surface area contributed by atoms with E-state index in [1.54, 1.807) is 32.2 Å². The predicted molar refractivity (Wildman–Crippen MR) is 131 cm³/mol. The Hall–Kier alpha value is -4.11. The second-order valence-corrected chi connectivity index (χ2v) is 8.27. The molecule has 0 aliphatic carbocycles. The maximum atomic E-state index is 12.5. The summed E-state index contributed by atoms with van der Waals surface area (Å²) in [6.45, 7) is 1.76. The number of carbonyl (C=O) groups is 1. The van der Waals surface area contributed by atoms with E-state index in [9.17, 15) is 9.90 Å². The number of hydrogen-bond acceptors (Lipinski definition) is 6. The molecule has 0 saturated carbocycles. The largest absolute Gasteiger partial charge is 0.508 e. The third-order valence-electron chi connectivity index (χ3n) is 4.99. The number of aromatic nitrogens is 3. The van der Waals surface area contributed by atoms with Crippen molar-refractivity contribution in [2.24, 2.45) is 5.10 Å². The van der Waals surface area contributed by atoms with Gasteiger partial charge in [0.25, 0.3) is 11.7 Å². The highest BCUT2D eigenvalue weighted by Gasteiger charge is 2.24. The first-order chi connectivity index (χ1) is 16.5. The fourth-order valence-electron chi connectivity index (χ4n) is 3.26. The average Bonchev–Trinajstić information content (AvgIpc) is 3.30. The highest BCUT2D eigenvalue weighted by atomic mass is 32.2. The number of carbonyl (C=O) groups excluding carboxylic acids is 1. The number of thioether (sulfide) groups is 1. The first kappa shape index (κ1) is 23.1. The molecule has 0 aliphatic heterocycles. The Balaban J connectivity index is 1.52. The molecule has 1 heterocycles. The van der Waals surface area contributed by atoms with E-state index < -0.39 is 0 Å². The van der Waals surface area contributed by atoms with E-state index in [0.29, 0.717) is 10.9 Å². The summed E-state index contributed by atoms with van der Waals surface area (Å²) in [5, 5.41) is 22.0. The molecule has 8 nitrogen and oxygen atoms in total. The summed E-state index contributed by atoms with van der Waals surface area (Å²) in [6.07, 6.45) is 0. The number of hydrogen-bond donors (Lipinski definition) is 3. The summed E-state index contributed by atoms with van der Waals surface area (Å²) in [5.41, 5.74) is 5.74. The van der Waals surface area contributed by atoms with E-state index in [4.69, 9.17) is 4.74 Å². The second-order valence-electron chi connectivity index (χ2n) is 7.33. The van der Waals surface area contributed by atoms with Crippen molar-refractivity contribution in [1.82, 2.24) is 15.6 Å². The van der Waals surface area contributed by atoms with Crippen LogP contribution >= 0.6 is 11.8 Å². The van der Waals surface area contributed by atoms with E-state index in [-0.39, 0.29) is 17.4 Å². The maximum Gasteiger partial charge on any atom is 0.342 e. The van der Waals surface area contributed by atoms with Gasteiger partial charge in [0, 0.05) is 5.56 Å². The van der Waals surface area contributed by atoms with Crippen LogP contribution in [-0.4, -0.2) is 39.8 Å². The fraction of sp³-hybridized carbons (Fsp3) is 0.120. The van der Waals surface area contributed by atoms with Crippen molar-refractivity contribution in [1.29, 1.82) is 0 Å². The normalized spacial score (nSPS) is 11.3. The lowest BCUT2D eigenvalue weighted by atomic mass is 10.1. The minimum Gasteiger partial charge on any atom is -0.508 e. The van der Waals surface area contributed by atoms with Crippen LogP contribution in [0.1, 0.15) is 12.5 Å². The SMILES string of the molecule is COc1ccc(-c2[nH]nc(SCC(=O)NN=C(C)c3cccc(O)c3)[n+]2-c2ccccc2)cc1. The molecule has 1 amide bonds. The lowest BCUT2D eigenvalue weighted by molar-refractivity contribution is -0.625. The Morgan fingerprint density at radius 3 is 2.59 bits per heavy atom. The Morgan fingerprint density at radius 2 is 1.88 bits per heavy atom. The number of methoxy groups -OCH3 is 1. The van der Waals surface area contributed by atoms with Gasteiger partial charge >= 0.3 is 5.16 Å². The molecule has 172 valence electrons. The van der Waals surface area contributed by atoms with Gasteiger partial charge in [0.1, 0.15) is 17.2 Å². The van der Waals surface area contributed by atoms with Gasteiger partial charge in [-0.25, -0.2) is 5.43 Å². The number of ether oxygens (including phenoxy) is 1. The number of H-pyrrole nitrogens is 1. The van der Waals surface area contributed by atoms with Gasteiger partial charge in [-0.1, -0.05) is 30.3 Å². The van der Waals surface area contributed by atoms with Crippen LogP contribution in [0.3, 0.4) is 0 Å². The Morgan fingerprint density at radius 1 is 1.12 bits per heavy atom. The number of phenolic OH excluding ortho intramolecular Hbond substituents is 1. The smallest absolute Gasteiger partial charge is 0.342 e. The van der Waals surface area contributed by atoms with Crippen LogP contribution in [0.2, 0.25) is 0 Å². The highest BCUT2D eigenvalue weighted by molar-refractivity contribution is 7.99. The van der Waals surface area contributed by atoms with Crippen molar-refractivity contribution < 1.29 is 19.2 Å². The zero-order valence-corrected chi connectivity index (χ0v) is 19.5. The van der Waals surface area contributed by atoms with Gasteiger partial charge < -0.3 is 9.84 Å². The molecule has 3 N–H and O–H groups in total. The highest BCUT2D eigenvalue weighted by Crippen LogP contribution is 2.22. The molecule has 4 aromatic rings. The fourth-order valence-corrected chi connectivity index (χ4v) is 4.02. The standard InChI is InChI=1S/C25H23N5O3S/c1-17(19-7-6-10-21(31)15-19)26-27-23(32)16-34-25-29-28-24(18-11-13-22(33-2)14-12-18)30(25)20-8-4-3-5-9-20/h3-15H,16H2,1-2H3,(H2,27,31,32)/p+1. The van der Waals surface area contributed by atoms with Crippen LogP contribution in [0, 0.1) is 0 Å². The first-order valence-corrected chi connectivity index (χ1v) is 11.5. The summed E-state index contributed by atoms with van der Waals surface area (Å²) in [6, 6.07) is 24.2. The molecular formula is C25H24N5O3S+. The third kappa shape index (κ3) is 5.44. The van der Waals surface area contributed by atoms with Crippen LogP contribution in [0.25, 0.3) is 17.1 Å². The van der Waals surface area contributed by atoms with E-state index >= 15 is 0 Å². The number of benzene rings is 3. The van der Waals surface area contributed by atoms with Gasteiger partial charge in [-0.05, 0) is 67.2 Å². The van der Waals surface area contributed by atoms with E-state index in [2.05, 4.69) is 20.7 Å². The summed E-state index contributed by atoms with van der Waals surface area (Å²) >= 11 is 1.30. The first-order valence-electron chi connectivity index (χ1n) is 10.5. The van der Waals surface area contributed by atoms with Gasteiger partial charge in [-0.2, -0.15) is 9.67 Å². The lowest BCUT2D eigenvalue weighted by Crippen LogP contribution is -2.34. The summed E-state index contributed by atoms with van der Waals surface area (Å²) < 4.78 is 7.23. The Kier molecular flexibility index (Phi) is 7.24. The molecule has 0 fully saturated rings. The van der Waals surface area contributed by atoms with Crippen molar-refractivity contribution >= 4 is 23.4 Å². The van der Waals surface area contributed by atoms with Gasteiger partial charge in [0.05, 0.1) is 29.2 Å². The number of nitrogens with one attached hydrogen (secondary N) is 2. The summed E-state index contributed by atoms with van der Waals surface area (Å²) in [5.74, 6) is 1.55. The van der Waals surface area contributed by atoms with Crippen molar-refractivity contribution in [3.63, 3.8) is 0 Å². The van der Waals surface area contributed by atoms with Crippen molar-refractivity contribution in [3.05, 3.63) is 84.4 Å². The van der Waals surface area contributed by atoms with E-state index in [1.165, 1.54) is 11.8 Å². The van der Waals surface area contributed by atoms with Gasteiger partial charge in [0.2, 0.25) is 0 Å². The van der Waals surface area contributed by atoms with Crippen LogP contribution < -0.4 is 14.7 Å². The predicted octanol–water partition coefficient (Wildman–Crippen LogP) is 3.70. The van der Waals surface area contributed by atoms with E-state index in [1.807, 2.05) is 65.2 Å². The molecule has 4 rings (SSSR count). The number of hydrazone groups is 1. The molecule has 0 aliphatic rings. The summed E-state index contributed by atoms with van der Waals surface area (Å²) in [7, 11) is 1.63. The topological polar surface area (TPSA) is 103 Å². The molecule has 1 aromatic heterocycles. The summed E-state index contributed by atoms with van der Waals surface area (Å²) in [4.78, 5) is 12.5. The monoisotopic (exact) mass is 474 g/mol. The second kappa shape index (κ2) is 10.7. The maximum absolute atomic E-state index is 12.5. The van der Waals surface area contributed by atoms with Crippen LogP contribution in [0.15, 0.2) is 89.1 Å². The molecule has 0 saturated heterocycles. The van der Waals surface area contributed by atoms with Crippen molar-refractivity contribution in [2.45, 2.75) is 12.1 Å². The third-order valence-corrected chi connectivity index (χ3v) is 5.93. The Labute approximate surface area is 201 Å². The molecule has 0 radical (unpaired) electrons. The number of nitrogens with zero attached hydrogens (tertiary/aromatic N) is 3. The van der Waals surface area contributed by atoms with Crippen LogP contribution in [0.4, 0.5) is 0 Å². The van der Waals surface area contributed by atoms with Gasteiger partial charge in [-0.15, -0.1) is 5.10 Å². The lowest BCUT2D eigenvalue weighted by Gasteiger charge is -2.05. The molecule has 0 bridgehead atoms. The molecule has 9 heteroatoms. The molecule has 0 unspecified atom stereocenters. The molecule has 0 atom stereocenters. The number of phenols is 1. The number of para-hydroxylation sites is 1. The van der Waals surface area contributed by atoms with Crippen molar-refractivity contribution in [3.8, 4) is 28.6 Å². The zero-order valence-electron chi connectivity index (χ0n) is 18.7. The zero-order chi connectivity index (χ0) is 23.9. The quantitative estimate of drug-likeness (QED) is 0.156. The van der Waals surface area contributed by atoms with E-state index in [0.717, 1.165) is 28.4 Å². The number of aromatic amines is 1. The van der Waals surface area contributed by atoms with Gasteiger partial charge in [-0.3, -0.25) is 4.79 Å². The number of aromatic hydroxyl groups is 1. The number of rotatable bonds is 8. The minimum absolute atomic E-state index is 0.122. The minimum atomic E-state index is -0.266. The van der Waals surface area contributed by atoms with Gasteiger partial charge in [0.15, 0.2) is 0 Å². The van der Waals surface area contributed by atoms with Crippen LogP contribution in [0.5, 0.6) is 11.5 Å².